The van der Waals surface area contributed by atoms with Crippen LogP contribution in [-0.4, -0.2) is 43.4 Å². The number of hydrogen-bond acceptors (Lipinski definition) is 4. The van der Waals surface area contributed by atoms with Gasteiger partial charge in [0.25, 0.3) is 0 Å². The molecule has 3 rings (SSSR count). The van der Waals surface area contributed by atoms with E-state index in [-0.39, 0.29) is 0 Å². The Morgan fingerprint density at radius 2 is 2.00 bits per heavy atom. The summed E-state index contributed by atoms with van der Waals surface area (Å²) >= 11 is 6.30. The first-order valence-corrected chi connectivity index (χ1v) is 7.55. The van der Waals surface area contributed by atoms with E-state index >= 15 is 0 Å². The Kier molecular flexibility index (Phi) is 3.80. The lowest BCUT2D eigenvalue weighted by Gasteiger charge is -2.27. The quantitative estimate of drug-likeness (QED) is 0.928. The minimum Gasteiger partial charge on any atom is -0.449 e. The standard InChI is InChI=1S/C15H21ClN2O2/c1-15(2)19-13-10-11(9-12(16)14(13)20-15)3-6-18-7-4-17-5-8-18/h9-10,17H,3-8H2,1-2H3. The minimum atomic E-state index is -0.622. The Hall–Kier alpha value is -0.970. The lowest BCUT2D eigenvalue weighted by Crippen LogP contribution is -2.44. The van der Waals surface area contributed by atoms with E-state index in [1.165, 1.54) is 5.56 Å². The van der Waals surface area contributed by atoms with Gasteiger partial charge in [-0.2, -0.15) is 0 Å². The van der Waals surface area contributed by atoms with Crippen LogP contribution < -0.4 is 14.8 Å². The van der Waals surface area contributed by atoms with E-state index in [1.54, 1.807) is 0 Å². The van der Waals surface area contributed by atoms with Gasteiger partial charge in [-0.15, -0.1) is 0 Å². The Bertz CT molecular complexity index is 499. The molecule has 1 saturated heterocycles. The van der Waals surface area contributed by atoms with Crippen molar-refractivity contribution in [3.63, 3.8) is 0 Å². The van der Waals surface area contributed by atoms with Crippen LogP contribution in [0.4, 0.5) is 0 Å². The Morgan fingerprint density at radius 3 is 2.75 bits per heavy atom. The van der Waals surface area contributed by atoms with Gasteiger partial charge in [0.1, 0.15) is 0 Å². The molecule has 0 aliphatic carbocycles. The van der Waals surface area contributed by atoms with Crippen molar-refractivity contribution in [2.45, 2.75) is 26.1 Å². The molecule has 5 heteroatoms. The van der Waals surface area contributed by atoms with Crippen LogP contribution in [0.2, 0.25) is 5.02 Å². The second-order valence-electron chi connectivity index (χ2n) is 5.85. The van der Waals surface area contributed by atoms with Crippen LogP contribution in [0.3, 0.4) is 0 Å². The van der Waals surface area contributed by atoms with Crippen LogP contribution in [0, 0.1) is 0 Å². The van der Waals surface area contributed by atoms with Gasteiger partial charge in [-0.3, -0.25) is 0 Å². The number of nitrogens with one attached hydrogen (secondary N) is 1. The molecule has 1 aromatic rings. The monoisotopic (exact) mass is 296 g/mol. The fraction of sp³-hybridized carbons (Fsp3) is 0.600. The van der Waals surface area contributed by atoms with Gasteiger partial charge in [0.2, 0.25) is 5.79 Å². The Labute approximate surface area is 125 Å². The van der Waals surface area contributed by atoms with Crippen molar-refractivity contribution in [3.05, 3.63) is 22.7 Å². The molecule has 1 N–H and O–H groups in total. The van der Waals surface area contributed by atoms with Gasteiger partial charge in [0.05, 0.1) is 5.02 Å². The first-order chi connectivity index (χ1) is 9.53. The van der Waals surface area contributed by atoms with E-state index in [2.05, 4.69) is 16.3 Å². The first kappa shape index (κ1) is 14.0. The summed E-state index contributed by atoms with van der Waals surface area (Å²) < 4.78 is 11.5. The molecular formula is C15H21ClN2O2. The summed E-state index contributed by atoms with van der Waals surface area (Å²) in [7, 11) is 0. The molecule has 0 atom stereocenters. The maximum atomic E-state index is 6.30. The third kappa shape index (κ3) is 3.03. The Balaban J connectivity index is 1.68. The normalized spacial score (nSPS) is 21.1. The number of piperazine rings is 1. The van der Waals surface area contributed by atoms with Gasteiger partial charge in [-0.05, 0) is 24.1 Å². The van der Waals surface area contributed by atoms with Crippen molar-refractivity contribution >= 4 is 11.6 Å². The number of nitrogens with zero attached hydrogens (tertiary/aromatic N) is 1. The van der Waals surface area contributed by atoms with Gasteiger partial charge >= 0.3 is 0 Å². The lowest BCUT2D eigenvalue weighted by molar-refractivity contribution is -0.0431. The molecular weight excluding hydrogens is 276 g/mol. The van der Waals surface area contributed by atoms with Gasteiger partial charge in [-0.1, -0.05) is 11.6 Å². The summed E-state index contributed by atoms with van der Waals surface area (Å²) in [4.78, 5) is 2.47. The molecule has 0 radical (unpaired) electrons. The van der Waals surface area contributed by atoms with Crippen molar-refractivity contribution < 1.29 is 9.47 Å². The van der Waals surface area contributed by atoms with Gasteiger partial charge in [-0.25, -0.2) is 0 Å². The zero-order valence-corrected chi connectivity index (χ0v) is 12.8. The highest BCUT2D eigenvalue weighted by atomic mass is 35.5. The maximum absolute atomic E-state index is 6.30. The summed E-state index contributed by atoms with van der Waals surface area (Å²) in [6, 6.07) is 4.05. The van der Waals surface area contributed by atoms with Crippen LogP contribution in [-0.2, 0) is 6.42 Å². The fourth-order valence-electron chi connectivity index (χ4n) is 2.69. The molecule has 2 aliphatic heterocycles. The third-order valence-electron chi connectivity index (χ3n) is 3.70. The van der Waals surface area contributed by atoms with E-state index in [4.69, 9.17) is 21.1 Å². The van der Waals surface area contributed by atoms with Gasteiger partial charge in [0.15, 0.2) is 11.5 Å². The summed E-state index contributed by atoms with van der Waals surface area (Å²) in [5.41, 5.74) is 1.20. The zero-order valence-electron chi connectivity index (χ0n) is 12.0. The maximum Gasteiger partial charge on any atom is 0.246 e. The molecule has 0 aromatic heterocycles. The average molecular weight is 297 g/mol. The van der Waals surface area contributed by atoms with Crippen LogP contribution in [0.15, 0.2) is 12.1 Å². The molecule has 110 valence electrons. The SMILES string of the molecule is CC1(C)Oc2cc(CCN3CCNCC3)cc(Cl)c2O1. The smallest absolute Gasteiger partial charge is 0.246 e. The van der Waals surface area contributed by atoms with Crippen LogP contribution in [0.5, 0.6) is 11.5 Å². The average Bonchev–Trinajstić information content (AvgIpc) is 2.73. The molecule has 2 heterocycles. The Morgan fingerprint density at radius 1 is 1.25 bits per heavy atom. The predicted molar refractivity (Wildman–Crippen MR) is 79.8 cm³/mol. The predicted octanol–water partition coefficient (Wildman–Crippen LogP) is 2.29. The van der Waals surface area contributed by atoms with E-state index in [1.807, 2.05) is 19.9 Å². The number of rotatable bonds is 3. The van der Waals surface area contributed by atoms with E-state index in [0.717, 1.165) is 44.9 Å². The highest BCUT2D eigenvalue weighted by Gasteiger charge is 2.33. The van der Waals surface area contributed by atoms with Crippen molar-refractivity contribution in [2.75, 3.05) is 32.7 Å². The molecule has 1 aromatic carbocycles. The summed E-state index contributed by atoms with van der Waals surface area (Å²) in [5, 5.41) is 4.01. The molecule has 20 heavy (non-hydrogen) atoms. The first-order valence-electron chi connectivity index (χ1n) is 7.17. The summed E-state index contributed by atoms with van der Waals surface area (Å²) in [6.07, 6.45) is 0.983. The van der Waals surface area contributed by atoms with Crippen molar-refractivity contribution in [2.24, 2.45) is 0 Å². The fourth-order valence-corrected chi connectivity index (χ4v) is 2.97. The molecule has 0 unspecified atom stereocenters. The number of benzene rings is 1. The molecule has 1 fully saturated rings. The number of ether oxygens (including phenoxy) is 2. The van der Waals surface area contributed by atoms with Crippen molar-refractivity contribution in [1.82, 2.24) is 10.2 Å². The van der Waals surface area contributed by atoms with Gasteiger partial charge < -0.3 is 19.7 Å². The highest BCUT2D eigenvalue weighted by Crippen LogP contribution is 2.45. The summed E-state index contributed by atoms with van der Waals surface area (Å²) in [5.74, 6) is 0.809. The van der Waals surface area contributed by atoms with Crippen molar-refractivity contribution in [3.8, 4) is 11.5 Å². The molecule has 2 aliphatic rings. The molecule has 0 amide bonds. The van der Waals surface area contributed by atoms with Crippen molar-refractivity contribution in [1.29, 1.82) is 0 Å². The molecule has 4 nitrogen and oxygen atoms in total. The van der Waals surface area contributed by atoms with Crippen LogP contribution in [0.1, 0.15) is 19.4 Å². The van der Waals surface area contributed by atoms with Crippen LogP contribution in [0.25, 0.3) is 0 Å². The third-order valence-corrected chi connectivity index (χ3v) is 3.98. The van der Waals surface area contributed by atoms with E-state index in [9.17, 15) is 0 Å². The second-order valence-corrected chi connectivity index (χ2v) is 6.26. The van der Waals surface area contributed by atoms with Crippen LogP contribution >= 0.6 is 11.6 Å². The topological polar surface area (TPSA) is 33.7 Å². The summed E-state index contributed by atoms with van der Waals surface area (Å²) in [6.45, 7) is 9.23. The van der Waals surface area contributed by atoms with E-state index < -0.39 is 5.79 Å². The largest absolute Gasteiger partial charge is 0.449 e. The van der Waals surface area contributed by atoms with E-state index in [0.29, 0.717) is 10.8 Å². The zero-order chi connectivity index (χ0) is 14.2. The minimum absolute atomic E-state index is 0.622. The molecule has 0 spiro atoms. The number of hydrogen-bond donors (Lipinski definition) is 1. The highest BCUT2D eigenvalue weighted by molar-refractivity contribution is 6.32. The van der Waals surface area contributed by atoms with Gasteiger partial charge in [0, 0.05) is 46.6 Å². The number of halogens is 1. The molecule has 0 saturated carbocycles. The second kappa shape index (κ2) is 5.43. The number of fused-ring (bicyclic) bond motifs is 1. The lowest BCUT2D eigenvalue weighted by atomic mass is 10.1. The molecule has 0 bridgehead atoms.